The van der Waals surface area contributed by atoms with Gasteiger partial charge in [-0.05, 0) is 26.0 Å². The van der Waals surface area contributed by atoms with Gasteiger partial charge in [0.25, 0.3) is 0 Å². The molecule has 1 aromatic rings. The number of sulfonamides is 1. The number of rotatable bonds is 4. The van der Waals surface area contributed by atoms with E-state index in [0.717, 1.165) is 50.8 Å². The van der Waals surface area contributed by atoms with Gasteiger partial charge in [0.05, 0.1) is 24.6 Å². The highest BCUT2D eigenvalue weighted by atomic mass is 32.2. The number of aryl methyl sites for hydroxylation is 2. The van der Waals surface area contributed by atoms with Gasteiger partial charge in [0.15, 0.2) is 0 Å². The maximum absolute atomic E-state index is 13.3. The lowest BCUT2D eigenvalue weighted by molar-refractivity contribution is 0.0309. The smallest absolute Gasteiger partial charge is 0.247 e. The SMILES string of the molecule is Cc1n[nH]c(C)c1S(=O)(=O)N1CCCSCC1CN1CCOCC1. The highest BCUT2D eigenvalue weighted by Crippen LogP contribution is 2.27. The Balaban J connectivity index is 1.86. The number of aromatic nitrogens is 2. The maximum Gasteiger partial charge on any atom is 0.247 e. The molecule has 1 unspecified atom stereocenters. The first-order chi connectivity index (χ1) is 11.5. The Morgan fingerprint density at radius 1 is 1.29 bits per heavy atom. The number of nitrogens with zero attached hydrogens (tertiary/aromatic N) is 3. The first kappa shape index (κ1) is 18.2. The Hall–Kier alpha value is -0.610. The summed E-state index contributed by atoms with van der Waals surface area (Å²) < 4.78 is 33.7. The van der Waals surface area contributed by atoms with Crippen LogP contribution in [0.5, 0.6) is 0 Å². The van der Waals surface area contributed by atoms with Crippen LogP contribution >= 0.6 is 11.8 Å². The van der Waals surface area contributed by atoms with E-state index in [9.17, 15) is 8.42 Å². The molecule has 9 heteroatoms. The second-order valence-corrected chi connectivity index (χ2v) is 9.35. The molecule has 3 rings (SSSR count). The van der Waals surface area contributed by atoms with Gasteiger partial charge in [-0.25, -0.2) is 8.42 Å². The van der Waals surface area contributed by atoms with Gasteiger partial charge in [0, 0.05) is 38.0 Å². The minimum absolute atomic E-state index is 0.00528. The van der Waals surface area contributed by atoms with E-state index in [-0.39, 0.29) is 6.04 Å². The molecular formula is C15H26N4O3S2. The lowest BCUT2D eigenvalue weighted by atomic mass is 10.2. The van der Waals surface area contributed by atoms with Crippen LogP contribution in [0.3, 0.4) is 0 Å². The molecule has 2 aliphatic heterocycles. The van der Waals surface area contributed by atoms with E-state index in [1.54, 1.807) is 18.2 Å². The third-order valence-electron chi connectivity index (χ3n) is 4.58. The molecule has 0 radical (unpaired) electrons. The van der Waals surface area contributed by atoms with E-state index in [4.69, 9.17) is 4.74 Å². The Bertz CT molecular complexity index is 636. The molecule has 136 valence electrons. The van der Waals surface area contributed by atoms with Crippen molar-refractivity contribution in [2.24, 2.45) is 0 Å². The molecule has 24 heavy (non-hydrogen) atoms. The van der Waals surface area contributed by atoms with Gasteiger partial charge >= 0.3 is 0 Å². The quantitative estimate of drug-likeness (QED) is 0.842. The second-order valence-electron chi connectivity index (χ2n) is 6.37. The largest absolute Gasteiger partial charge is 0.379 e. The van der Waals surface area contributed by atoms with Crippen molar-refractivity contribution in [1.29, 1.82) is 0 Å². The molecule has 2 fully saturated rings. The van der Waals surface area contributed by atoms with Crippen LogP contribution in [0.2, 0.25) is 0 Å². The Kier molecular flexibility index (Phi) is 5.86. The summed E-state index contributed by atoms with van der Waals surface area (Å²) in [6.45, 7) is 8.08. The molecule has 2 aliphatic rings. The van der Waals surface area contributed by atoms with Crippen molar-refractivity contribution >= 4 is 21.8 Å². The van der Waals surface area contributed by atoms with Crippen LogP contribution in [0.1, 0.15) is 17.8 Å². The summed E-state index contributed by atoms with van der Waals surface area (Å²) in [7, 11) is -3.53. The molecule has 0 aliphatic carbocycles. The standard InChI is InChI=1S/C15H26N4O3S2/c1-12-15(13(2)17-16-12)24(20,21)19-4-3-9-23-11-14(19)10-18-5-7-22-8-6-18/h14H,3-11H2,1-2H3,(H,16,17). The Labute approximate surface area is 148 Å². The molecular weight excluding hydrogens is 348 g/mol. The molecule has 0 spiro atoms. The van der Waals surface area contributed by atoms with Gasteiger partial charge in [-0.3, -0.25) is 10.00 Å². The van der Waals surface area contributed by atoms with Crippen molar-refractivity contribution in [2.45, 2.75) is 31.2 Å². The van der Waals surface area contributed by atoms with Crippen molar-refractivity contribution < 1.29 is 13.2 Å². The number of morpholine rings is 1. The van der Waals surface area contributed by atoms with Crippen molar-refractivity contribution in [1.82, 2.24) is 19.4 Å². The van der Waals surface area contributed by atoms with Crippen LogP contribution in [0, 0.1) is 13.8 Å². The molecule has 7 nitrogen and oxygen atoms in total. The highest BCUT2D eigenvalue weighted by Gasteiger charge is 2.36. The Morgan fingerprint density at radius 2 is 2.04 bits per heavy atom. The van der Waals surface area contributed by atoms with Crippen molar-refractivity contribution in [3.05, 3.63) is 11.4 Å². The minimum atomic E-state index is -3.53. The fourth-order valence-electron chi connectivity index (χ4n) is 3.39. The lowest BCUT2D eigenvalue weighted by Crippen LogP contribution is -2.50. The van der Waals surface area contributed by atoms with Crippen LogP contribution in [0.4, 0.5) is 0 Å². The van der Waals surface area contributed by atoms with Crippen molar-refractivity contribution in [2.75, 3.05) is 50.9 Å². The van der Waals surface area contributed by atoms with Crippen molar-refractivity contribution in [3.8, 4) is 0 Å². The van der Waals surface area contributed by atoms with E-state index in [1.807, 2.05) is 11.8 Å². The maximum atomic E-state index is 13.3. The number of nitrogens with one attached hydrogen (secondary N) is 1. The zero-order valence-electron chi connectivity index (χ0n) is 14.3. The number of ether oxygens (including phenoxy) is 1. The summed E-state index contributed by atoms with van der Waals surface area (Å²) in [6, 6.07) is -0.00528. The molecule has 0 bridgehead atoms. The van der Waals surface area contributed by atoms with Gasteiger partial charge in [-0.1, -0.05) is 0 Å². The molecule has 1 aromatic heterocycles. The van der Waals surface area contributed by atoms with E-state index in [1.165, 1.54) is 0 Å². The predicted molar refractivity (Wildman–Crippen MR) is 94.9 cm³/mol. The number of hydrogen-bond acceptors (Lipinski definition) is 6. The average Bonchev–Trinajstić information content (AvgIpc) is 2.75. The summed E-state index contributed by atoms with van der Waals surface area (Å²) in [4.78, 5) is 2.67. The second kappa shape index (κ2) is 7.74. The fraction of sp³-hybridized carbons (Fsp3) is 0.800. The number of aromatic amines is 1. The minimum Gasteiger partial charge on any atom is -0.379 e. The molecule has 2 saturated heterocycles. The first-order valence-corrected chi connectivity index (χ1v) is 11.0. The predicted octanol–water partition coefficient (Wildman–Crippen LogP) is 0.855. The van der Waals surface area contributed by atoms with Crippen molar-refractivity contribution in [3.63, 3.8) is 0 Å². The average molecular weight is 375 g/mol. The fourth-order valence-corrected chi connectivity index (χ4v) is 6.53. The summed E-state index contributed by atoms with van der Waals surface area (Å²) in [5.41, 5.74) is 1.17. The number of H-pyrrole nitrogens is 1. The van der Waals surface area contributed by atoms with E-state index < -0.39 is 10.0 Å². The molecule has 3 heterocycles. The number of thioether (sulfide) groups is 1. The molecule has 0 saturated carbocycles. The summed E-state index contributed by atoms with van der Waals surface area (Å²) >= 11 is 1.85. The third kappa shape index (κ3) is 3.80. The van der Waals surface area contributed by atoms with Crippen LogP contribution in [-0.2, 0) is 14.8 Å². The third-order valence-corrected chi connectivity index (χ3v) is 8.00. The molecule has 0 amide bonds. The zero-order valence-corrected chi connectivity index (χ0v) is 16.0. The highest BCUT2D eigenvalue weighted by molar-refractivity contribution is 7.99. The van der Waals surface area contributed by atoms with Gasteiger partial charge in [-0.2, -0.15) is 21.2 Å². The van der Waals surface area contributed by atoms with Gasteiger partial charge in [-0.15, -0.1) is 0 Å². The van der Waals surface area contributed by atoms with Crippen LogP contribution in [0.15, 0.2) is 4.90 Å². The summed E-state index contributed by atoms with van der Waals surface area (Å²) in [6.07, 6.45) is 0.888. The van der Waals surface area contributed by atoms with Crippen LogP contribution in [-0.4, -0.2) is 84.8 Å². The van der Waals surface area contributed by atoms with Gasteiger partial charge in [0.2, 0.25) is 10.0 Å². The molecule has 0 aromatic carbocycles. The van der Waals surface area contributed by atoms with Crippen LogP contribution in [0.25, 0.3) is 0 Å². The summed E-state index contributed by atoms with van der Waals surface area (Å²) in [5, 5.41) is 6.88. The van der Waals surface area contributed by atoms with Crippen LogP contribution < -0.4 is 0 Å². The number of hydrogen-bond donors (Lipinski definition) is 1. The summed E-state index contributed by atoms with van der Waals surface area (Å²) in [5.74, 6) is 1.85. The zero-order chi connectivity index (χ0) is 17.2. The first-order valence-electron chi connectivity index (χ1n) is 8.41. The molecule has 1 N–H and O–H groups in total. The molecule has 1 atom stereocenters. The Morgan fingerprint density at radius 3 is 2.71 bits per heavy atom. The monoisotopic (exact) mass is 374 g/mol. The topological polar surface area (TPSA) is 78.5 Å². The van der Waals surface area contributed by atoms with E-state index in [2.05, 4.69) is 15.1 Å². The van der Waals surface area contributed by atoms with Gasteiger partial charge in [0.1, 0.15) is 4.90 Å². The van der Waals surface area contributed by atoms with E-state index >= 15 is 0 Å². The van der Waals surface area contributed by atoms with E-state index in [0.29, 0.717) is 22.8 Å². The normalized spacial score (nSPS) is 24.8. The lowest BCUT2D eigenvalue weighted by Gasteiger charge is -2.35. The van der Waals surface area contributed by atoms with Gasteiger partial charge < -0.3 is 4.74 Å².